The lowest BCUT2D eigenvalue weighted by Gasteiger charge is -2.39. The number of aryl methyl sites for hydroxylation is 1. The molecule has 0 saturated carbocycles. The van der Waals surface area contributed by atoms with E-state index in [9.17, 15) is 19.5 Å². The van der Waals surface area contributed by atoms with E-state index in [0.29, 0.717) is 22.7 Å². The van der Waals surface area contributed by atoms with Crippen LogP contribution < -0.4 is 4.90 Å². The molecule has 1 N–H and O–H groups in total. The van der Waals surface area contributed by atoms with Crippen molar-refractivity contribution in [1.29, 1.82) is 0 Å². The lowest BCUT2D eigenvalue weighted by molar-refractivity contribution is -0.155. The molecule has 4 aliphatic rings. The minimum Gasteiger partial charge on any atom is -0.465 e. The number of anilines is 1. The van der Waals surface area contributed by atoms with Crippen molar-refractivity contribution < 1.29 is 29.0 Å². The van der Waals surface area contributed by atoms with Gasteiger partial charge < -0.3 is 24.4 Å². The molecule has 0 radical (unpaired) electrons. The topological polar surface area (TPSA) is 96.4 Å². The summed E-state index contributed by atoms with van der Waals surface area (Å²) in [5, 5.41) is 11.0. The van der Waals surface area contributed by atoms with Crippen molar-refractivity contribution in [3.05, 3.63) is 89.0 Å². The van der Waals surface area contributed by atoms with Gasteiger partial charge >= 0.3 is 5.97 Å². The number of nitrogens with zero attached hydrogens (tertiary/aromatic N) is 2. The number of aliphatic hydroxyl groups is 1. The maximum Gasteiger partial charge on any atom is 0.312 e. The van der Waals surface area contributed by atoms with Crippen LogP contribution in [0.25, 0.3) is 0 Å². The predicted octanol–water partition coefficient (Wildman–Crippen LogP) is 3.37. The molecule has 4 aliphatic heterocycles. The standard InChI is InChI=1S/C30H29ClN2O6/c1-18-9-7-12-20(31)25(18)32-15-8-14-30-24(23-22(39-30)13-5-6-16-38-29(23)37)27(35)33(26(30)28(32)36)21(17-34)19-10-3-2-4-11-19/h2-5,7-14,21-24,26,34H,6,15-17H2,1H3/t21-,22+,23-,24+,26?,30+/m1/s1. The van der Waals surface area contributed by atoms with E-state index in [1.165, 1.54) is 4.90 Å². The summed E-state index contributed by atoms with van der Waals surface area (Å²) in [6.45, 7) is 1.85. The molecule has 1 spiro atoms. The summed E-state index contributed by atoms with van der Waals surface area (Å²) in [4.78, 5) is 45.3. The highest BCUT2D eigenvalue weighted by atomic mass is 35.5. The van der Waals surface area contributed by atoms with E-state index < -0.39 is 60.0 Å². The average molecular weight is 549 g/mol. The third-order valence-electron chi connectivity index (χ3n) is 8.21. The number of halogens is 1. The first-order chi connectivity index (χ1) is 18.9. The Morgan fingerprint density at radius 1 is 1.08 bits per heavy atom. The Bertz CT molecular complexity index is 1360. The van der Waals surface area contributed by atoms with E-state index in [-0.39, 0.29) is 13.2 Å². The van der Waals surface area contributed by atoms with E-state index in [4.69, 9.17) is 21.1 Å². The minimum absolute atomic E-state index is 0.199. The van der Waals surface area contributed by atoms with E-state index in [1.807, 2.05) is 43.3 Å². The fraction of sp³-hybridized carbons (Fsp3) is 0.367. The fourth-order valence-corrected chi connectivity index (χ4v) is 6.90. The molecule has 39 heavy (non-hydrogen) atoms. The number of benzene rings is 2. The number of carbonyl (C=O) groups excluding carboxylic acids is 3. The predicted molar refractivity (Wildman–Crippen MR) is 144 cm³/mol. The highest BCUT2D eigenvalue weighted by Crippen LogP contribution is 2.55. The van der Waals surface area contributed by atoms with Gasteiger partial charge in [-0.3, -0.25) is 14.4 Å². The third kappa shape index (κ3) is 3.92. The lowest BCUT2D eigenvalue weighted by atomic mass is 9.77. The number of cyclic esters (lactones) is 1. The zero-order valence-electron chi connectivity index (χ0n) is 21.4. The molecule has 6 rings (SSSR count). The minimum atomic E-state index is -1.44. The zero-order chi connectivity index (χ0) is 27.3. The Morgan fingerprint density at radius 3 is 2.62 bits per heavy atom. The van der Waals surface area contributed by atoms with Gasteiger partial charge in [0.2, 0.25) is 5.91 Å². The summed E-state index contributed by atoms with van der Waals surface area (Å²) in [6.07, 6.45) is 7.04. The molecular formula is C30H29ClN2O6. The molecule has 0 aromatic heterocycles. The van der Waals surface area contributed by atoms with Crippen LogP contribution in [0.15, 0.2) is 72.8 Å². The Balaban J connectivity index is 1.54. The molecule has 2 aromatic carbocycles. The van der Waals surface area contributed by atoms with Gasteiger partial charge in [-0.05, 0) is 30.5 Å². The van der Waals surface area contributed by atoms with E-state index >= 15 is 0 Å². The van der Waals surface area contributed by atoms with Crippen LogP contribution in [0.5, 0.6) is 0 Å². The van der Waals surface area contributed by atoms with Gasteiger partial charge in [0.05, 0.1) is 42.0 Å². The molecule has 202 valence electrons. The molecule has 2 amide bonds. The van der Waals surface area contributed by atoms with Gasteiger partial charge in [-0.15, -0.1) is 0 Å². The largest absolute Gasteiger partial charge is 0.465 e. The van der Waals surface area contributed by atoms with Gasteiger partial charge in [-0.25, -0.2) is 0 Å². The number of rotatable bonds is 4. The fourth-order valence-electron chi connectivity index (χ4n) is 6.58. The van der Waals surface area contributed by atoms with E-state index in [2.05, 4.69) is 0 Å². The third-order valence-corrected chi connectivity index (χ3v) is 8.51. The average Bonchev–Trinajstić information content (AvgIpc) is 3.30. The number of esters is 1. The van der Waals surface area contributed by atoms with Crippen molar-refractivity contribution in [2.75, 3.05) is 24.7 Å². The summed E-state index contributed by atoms with van der Waals surface area (Å²) in [5.74, 6) is -3.29. The first-order valence-electron chi connectivity index (χ1n) is 13.1. The quantitative estimate of drug-likeness (QED) is 0.465. The summed E-state index contributed by atoms with van der Waals surface area (Å²) in [7, 11) is 0. The maximum atomic E-state index is 14.6. The zero-order valence-corrected chi connectivity index (χ0v) is 22.2. The summed E-state index contributed by atoms with van der Waals surface area (Å²) < 4.78 is 12.1. The Kier molecular flexibility index (Phi) is 6.57. The molecule has 8 nitrogen and oxygen atoms in total. The van der Waals surface area contributed by atoms with Crippen molar-refractivity contribution in [1.82, 2.24) is 4.90 Å². The van der Waals surface area contributed by atoms with Gasteiger partial charge in [0.15, 0.2) is 0 Å². The molecule has 0 aliphatic carbocycles. The number of aliphatic hydroxyl groups excluding tert-OH is 1. The SMILES string of the molecule is Cc1cccc(Cl)c1N1CC=C[C@]23O[C@H]4C=CCCOC(=O)[C@H]4[C@H]2C(=O)N([C@H](CO)c2ccccc2)C3C1=O. The second-order valence-electron chi connectivity index (χ2n) is 10.3. The molecule has 2 fully saturated rings. The number of para-hydroxylation sites is 1. The van der Waals surface area contributed by atoms with Crippen LogP contribution in [0.1, 0.15) is 23.6 Å². The van der Waals surface area contributed by atoms with Gasteiger partial charge in [0.25, 0.3) is 5.91 Å². The summed E-state index contributed by atoms with van der Waals surface area (Å²) in [6, 6.07) is 12.5. The molecule has 1 unspecified atom stereocenters. The summed E-state index contributed by atoms with van der Waals surface area (Å²) >= 11 is 6.60. The van der Waals surface area contributed by atoms with Crippen LogP contribution in [0, 0.1) is 18.8 Å². The van der Waals surface area contributed by atoms with Crippen molar-refractivity contribution in [2.45, 2.75) is 37.1 Å². The number of hydrogen-bond acceptors (Lipinski definition) is 6. The monoisotopic (exact) mass is 548 g/mol. The smallest absolute Gasteiger partial charge is 0.312 e. The first-order valence-corrected chi connectivity index (χ1v) is 13.5. The second-order valence-corrected chi connectivity index (χ2v) is 10.7. The van der Waals surface area contributed by atoms with Gasteiger partial charge in [0.1, 0.15) is 17.6 Å². The van der Waals surface area contributed by atoms with Crippen LogP contribution in [0.4, 0.5) is 5.69 Å². The highest BCUT2D eigenvalue weighted by Gasteiger charge is 2.72. The highest BCUT2D eigenvalue weighted by molar-refractivity contribution is 6.34. The van der Waals surface area contributed by atoms with Crippen LogP contribution in [0.3, 0.4) is 0 Å². The normalized spacial score (nSPS) is 30.7. The van der Waals surface area contributed by atoms with Crippen LogP contribution in [0.2, 0.25) is 5.02 Å². The van der Waals surface area contributed by atoms with Gasteiger partial charge in [-0.1, -0.05) is 78.4 Å². The number of amides is 2. The van der Waals surface area contributed by atoms with Crippen molar-refractivity contribution in [3.8, 4) is 0 Å². The van der Waals surface area contributed by atoms with Crippen LogP contribution in [-0.2, 0) is 23.9 Å². The summed E-state index contributed by atoms with van der Waals surface area (Å²) in [5.41, 5.74) is 0.574. The number of ether oxygens (including phenoxy) is 2. The van der Waals surface area contributed by atoms with Crippen LogP contribution in [-0.4, -0.2) is 65.3 Å². The molecule has 2 aromatic rings. The van der Waals surface area contributed by atoms with Crippen molar-refractivity contribution >= 4 is 35.1 Å². The first kappa shape index (κ1) is 25.8. The maximum absolute atomic E-state index is 14.6. The molecule has 0 bridgehead atoms. The molecule has 9 heteroatoms. The van der Waals surface area contributed by atoms with Crippen molar-refractivity contribution in [2.24, 2.45) is 11.8 Å². The van der Waals surface area contributed by atoms with Crippen molar-refractivity contribution in [3.63, 3.8) is 0 Å². The number of fused-ring (bicyclic) bond motifs is 2. The Labute approximate surface area is 231 Å². The number of hydrogen-bond donors (Lipinski definition) is 1. The van der Waals surface area contributed by atoms with Crippen LogP contribution >= 0.6 is 11.6 Å². The Morgan fingerprint density at radius 2 is 1.87 bits per heavy atom. The second kappa shape index (κ2) is 9.93. The lowest BCUT2D eigenvalue weighted by Crippen LogP contribution is -2.56. The van der Waals surface area contributed by atoms with Gasteiger partial charge in [0, 0.05) is 6.54 Å². The molecule has 6 atom stereocenters. The van der Waals surface area contributed by atoms with E-state index in [1.54, 1.807) is 41.3 Å². The Hall–Kier alpha value is -3.46. The van der Waals surface area contributed by atoms with Gasteiger partial charge in [-0.2, -0.15) is 0 Å². The molecule has 4 heterocycles. The van der Waals surface area contributed by atoms with E-state index in [0.717, 1.165) is 5.56 Å². The molecular weight excluding hydrogens is 520 g/mol. The number of carbonyl (C=O) groups is 3. The number of likely N-dealkylation sites (tertiary alicyclic amines) is 1. The molecule has 2 saturated heterocycles.